The summed E-state index contributed by atoms with van der Waals surface area (Å²) in [6.45, 7) is 10.3. The summed E-state index contributed by atoms with van der Waals surface area (Å²) in [6.07, 6.45) is 3.05. The fourth-order valence-electron chi connectivity index (χ4n) is 2.27. The van der Waals surface area contributed by atoms with E-state index in [9.17, 15) is 4.79 Å². The third-order valence-corrected chi connectivity index (χ3v) is 3.81. The van der Waals surface area contributed by atoms with Gasteiger partial charge in [0.25, 0.3) is 0 Å². The summed E-state index contributed by atoms with van der Waals surface area (Å²) in [4.78, 5) is 12.3. The molecule has 16 heavy (non-hydrogen) atoms. The van der Waals surface area contributed by atoms with E-state index in [1.54, 1.807) is 0 Å². The largest absolute Gasteiger partial charge is 0.353 e. The van der Waals surface area contributed by atoms with Gasteiger partial charge in [0.15, 0.2) is 0 Å². The van der Waals surface area contributed by atoms with Crippen molar-refractivity contribution in [1.82, 2.24) is 10.6 Å². The van der Waals surface area contributed by atoms with Gasteiger partial charge in [-0.3, -0.25) is 4.79 Å². The second-order valence-electron chi connectivity index (χ2n) is 5.46. The molecule has 0 aromatic carbocycles. The lowest BCUT2D eigenvalue weighted by atomic mass is 9.81. The SMILES string of the molecule is CCCC1(C(=O)NC(C)C(C)C)CCNC1. The minimum Gasteiger partial charge on any atom is -0.353 e. The molecule has 1 amide bonds. The Kier molecular flexibility index (Phi) is 4.78. The molecule has 1 fully saturated rings. The molecule has 1 heterocycles. The molecule has 1 rings (SSSR count). The first-order valence-electron chi connectivity index (χ1n) is 6.53. The number of hydrogen-bond acceptors (Lipinski definition) is 2. The van der Waals surface area contributed by atoms with Gasteiger partial charge in [0, 0.05) is 12.6 Å². The van der Waals surface area contributed by atoms with E-state index in [-0.39, 0.29) is 17.4 Å². The minimum absolute atomic E-state index is 0.141. The minimum atomic E-state index is -0.141. The van der Waals surface area contributed by atoms with Crippen LogP contribution >= 0.6 is 0 Å². The van der Waals surface area contributed by atoms with Crippen molar-refractivity contribution >= 4 is 5.91 Å². The Labute approximate surface area is 99.4 Å². The van der Waals surface area contributed by atoms with Crippen molar-refractivity contribution in [3.05, 3.63) is 0 Å². The molecule has 0 aromatic rings. The van der Waals surface area contributed by atoms with Gasteiger partial charge in [-0.1, -0.05) is 27.2 Å². The number of nitrogens with one attached hydrogen (secondary N) is 2. The third kappa shape index (κ3) is 2.97. The van der Waals surface area contributed by atoms with Gasteiger partial charge in [-0.2, -0.15) is 0 Å². The van der Waals surface area contributed by atoms with Crippen LogP contribution in [-0.4, -0.2) is 25.0 Å². The van der Waals surface area contributed by atoms with Crippen LogP contribution in [0.1, 0.15) is 47.0 Å². The third-order valence-electron chi connectivity index (χ3n) is 3.81. The molecule has 3 nitrogen and oxygen atoms in total. The molecule has 1 aliphatic heterocycles. The molecule has 1 saturated heterocycles. The Bertz CT molecular complexity index is 232. The highest BCUT2D eigenvalue weighted by atomic mass is 16.2. The topological polar surface area (TPSA) is 41.1 Å². The molecule has 0 aliphatic carbocycles. The normalized spacial score (nSPS) is 27.1. The van der Waals surface area contributed by atoms with Crippen LogP contribution in [-0.2, 0) is 4.79 Å². The molecule has 94 valence electrons. The standard InChI is InChI=1S/C13H26N2O/c1-5-6-13(7-8-14-9-13)12(16)15-11(4)10(2)3/h10-11,14H,5-9H2,1-4H3,(H,15,16). The van der Waals surface area contributed by atoms with E-state index in [4.69, 9.17) is 0 Å². The number of carbonyl (C=O) groups excluding carboxylic acids is 1. The highest BCUT2D eigenvalue weighted by Crippen LogP contribution is 2.31. The van der Waals surface area contributed by atoms with Crippen molar-refractivity contribution in [2.45, 2.75) is 53.0 Å². The first kappa shape index (κ1) is 13.5. The maximum atomic E-state index is 12.3. The van der Waals surface area contributed by atoms with Crippen LogP contribution in [0.4, 0.5) is 0 Å². The molecule has 3 heteroatoms. The van der Waals surface area contributed by atoms with E-state index in [2.05, 4.69) is 38.3 Å². The summed E-state index contributed by atoms with van der Waals surface area (Å²) in [5.74, 6) is 0.748. The average molecular weight is 226 g/mol. The number of hydrogen-bond donors (Lipinski definition) is 2. The molecule has 0 aromatic heterocycles. The number of rotatable bonds is 5. The van der Waals surface area contributed by atoms with Gasteiger partial charge >= 0.3 is 0 Å². The second kappa shape index (κ2) is 5.67. The highest BCUT2D eigenvalue weighted by molar-refractivity contribution is 5.83. The van der Waals surface area contributed by atoms with Crippen LogP contribution in [0, 0.1) is 11.3 Å². The zero-order valence-electron chi connectivity index (χ0n) is 11.1. The molecule has 2 unspecified atom stereocenters. The zero-order valence-corrected chi connectivity index (χ0v) is 11.1. The van der Waals surface area contributed by atoms with Crippen LogP contribution in [0.2, 0.25) is 0 Å². The Balaban J connectivity index is 2.61. The monoisotopic (exact) mass is 226 g/mol. The molecule has 0 saturated carbocycles. The summed E-state index contributed by atoms with van der Waals surface area (Å²) >= 11 is 0. The predicted octanol–water partition coefficient (Wildman–Crippen LogP) is 1.93. The molecule has 0 bridgehead atoms. The van der Waals surface area contributed by atoms with Crippen molar-refractivity contribution in [3.63, 3.8) is 0 Å². The van der Waals surface area contributed by atoms with Gasteiger partial charge < -0.3 is 10.6 Å². The lowest BCUT2D eigenvalue weighted by Crippen LogP contribution is -2.47. The molecule has 0 spiro atoms. The van der Waals surface area contributed by atoms with E-state index >= 15 is 0 Å². The van der Waals surface area contributed by atoms with E-state index < -0.39 is 0 Å². The van der Waals surface area contributed by atoms with Gasteiger partial charge in [-0.05, 0) is 32.2 Å². The summed E-state index contributed by atoms with van der Waals surface area (Å²) in [6, 6.07) is 0.266. The van der Waals surface area contributed by atoms with Crippen LogP contribution < -0.4 is 10.6 Å². The Morgan fingerprint density at radius 1 is 1.44 bits per heavy atom. The summed E-state index contributed by atoms with van der Waals surface area (Å²) in [5, 5.41) is 6.49. The van der Waals surface area contributed by atoms with Crippen molar-refractivity contribution < 1.29 is 4.79 Å². The number of carbonyl (C=O) groups is 1. The van der Waals surface area contributed by atoms with E-state index in [0.29, 0.717) is 5.92 Å². The molecule has 2 N–H and O–H groups in total. The molecule has 0 radical (unpaired) electrons. The summed E-state index contributed by atoms with van der Waals surface area (Å²) in [5.41, 5.74) is -0.141. The fraction of sp³-hybridized carbons (Fsp3) is 0.923. The number of amides is 1. The molecular formula is C13H26N2O. The molecular weight excluding hydrogens is 200 g/mol. The van der Waals surface area contributed by atoms with Crippen molar-refractivity contribution in [2.24, 2.45) is 11.3 Å². The van der Waals surface area contributed by atoms with Crippen molar-refractivity contribution in [2.75, 3.05) is 13.1 Å². The first-order valence-corrected chi connectivity index (χ1v) is 6.53. The van der Waals surface area contributed by atoms with Gasteiger partial charge in [0.2, 0.25) is 5.91 Å². The zero-order chi connectivity index (χ0) is 12.2. The Hall–Kier alpha value is -0.570. The van der Waals surface area contributed by atoms with Crippen LogP contribution in [0.25, 0.3) is 0 Å². The quantitative estimate of drug-likeness (QED) is 0.752. The maximum absolute atomic E-state index is 12.3. The van der Waals surface area contributed by atoms with E-state index in [1.165, 1.54) is 0 Å². The van der Waals surface area contributed by atoms with E-state index in [0.717, 1.165) is 32.4 Å². The maximum Gasteiger partial charge on any atom is 0.227 e. The van der Waals surface area contributed by atoms with Crippen molar-refractivity contribution in [1.29, 1.82) is 0 Å². The Morgan fingerprint density at radius 3 is 2.56 bits per heavy atom. The Morgan fingerprint density at radius 2 is 2.12 bits per heavy atom. The van der Waals surface area contributed by atoms with Crippen LogP contribution in [0.3, 0.4) is 0 Å². The van der Waals surface area contributed by atoms with E-state index in [1.807, 2.05) is 0 Å². The summed E-state index contributed by atoms with van der Waals surface area (Å²) < 4.78 is 0. The fourth-order valence-corrected chi connectivity index (χ4v) is 2.27. The van der Waals surface area contributed by atoms with Crippen LogP contribution in [0.15, 0.2) is 0 Å². The van der Waals surface area contributed by atoms with Gasteiger partial charge in [-0.25, -0.2) is 0 Å². The lowest BCUT2D eigenvalue weighted by Gasteiger charge is -2.29. The van der Waals surface area contributed by atoms with Gasteiger partial charge in [-0.15, -0.1) is 0 Å². The highest BCUT2D eigenvalue weighted by Gasteiger charge is 2.40. The predicted molar refractivity (Wildman–Crippen MR) is 67.3 cm³/mol. The smallest absolute Gasteiger partial charge is 0.227 e. The van der Waals surface area contributed by atoms with Gasteiger partial charge in [0.1, 0.15) is 0 Å². The van der Waals surface area contributed by atoms with Crippen molar-refractivity contribution in [3.8, 4) is 0 Å². The summed E-state index contributed by atoms with van der Waals surface area (Å²) in [7, 11) is 0. The average Bonchev–Trinajstić information content (AvgIpc) is 2.68. The van der Waals surface area contributed by atoms with Crippen LogP contribution in [0.5, 0.6) is 0 Å². The lowest BCUT2D eigenvalue weighted by molar-refractivity contribution is -0.131. The molecule has 2 atom stereocenters. The first-order chi connectivity index (χ1) is 7.52. The molecule has 1 aliphatic rings. The second-order valence-corrected chi connectivity index (χ2v) is 5.46. The van der Waals surface area contributed by atoms with Gasteiger partial charge in [0.05, 0.1) is 5.41 Å².